The number of benzene rings is 7. The van der Waals surface area contributed by atoms with E-state index in [2.05, 4.69) is 120 Å². The number of fused-ring (bicyclic) bond motifs is 9. The van der Waals surface area contributed by atoms with Crippen LogP contribution in [0.4, 0.5) is 5.69 Å². The third-order valence-electron chi connectivity index (χ3n) is 9.54. The van der Waals surface area contributed by atoms with Crippen molar-refractivity contribution in [2.45, 2.75) is 12.8 Å². The lowest BCUT2D eigenvalue weighted by Gasteiger charge is -2.13. The molecule has 1 heterocycles. The number of hydrogen-bond acceptors (Lipinski definition) is 2. The molecule has 0 saturated carbocycles. The van der Waals surface area contributed by atoms with Crippen molar-refractivity contribution in [1.29, 1.82) is 0 Å². The predicted molar refractivity (Wildman–Crippen MR) is 191 cm³/mol. The van der Waals surface area contributed by atoms with Gasteiger partial charge in [0.1, 0.15) is 0 Å². The van der Waals surface area contributed by atoms with Crippen molar-refractivity contribution in [3.05, 3.63) is 161 Å². The molecule has 218 valence electrons. The predicted octanol–water partition coefficient (Wildman–Crippen LogP) is 11.3. The Morgan fingerprint density at radius 2 is 1.15 bits per heavy atom. The maximum atomic E-state index is 12.6. The van der Waals surface area contributed by atoms with Crippen molar-refractivity contribution in [3.8, 4) is 27.9 Å². The van der Waals surface area contributed by atoms with Gasteiger partial charge in [-0.25, -0.2) is 0 Å². The molecule has 1 aromatic heterocycles. The summed E-state index contributed by atoms with van der Waals surface area (Å²) in [5.74, 6) is 0. The molecule has 4 heteroatoms. The van der Waals surface area contributed by atoms with Crippen LogP contribution in [0.1, 0.15) is 17.7 Å². The van der Waals surface area contributed by atoms with Crippen LogP contribution in [0.3, 0.4) is 0 Å². The molecule has 0 amide bonds. The maximum absolute atomic E-state index is 12.6. The summed E-state index contributed by atoms with van der Waals surface area (Å²) >= 11 is 0. The van der Waals surface area contributed by atoms with Crippen LogP contribution in [-0.2, 0) is 6.42 Å². The molecule has 0 fully saturated rings. The monoisotopic (exact) mass is 592 g/mol. The fraction of sp³-hybridized carbons (Fsp3) is 0.0476. The quantitative estimate of drug-likeness (QED) is 0.116. The smallest absolute Gasteiger partial charge is 0.277 e. The molecule has 0 radical (unpaired) electrons. The first kappa shape index (κ1) is 26.4. The molecular weight excluding hydrogens is 564 g/mol. The van der Waals surface area contributed by atoms with Crippen LogP contribution in [0.2, 0.25) is 0 Å². The minimum Gasteiger partial charge on any atom is -0.313 e. The Morgan fingerprint density at radius 3 is 1.87 bits per heavy atom. The second-order valence-corrected chi connectivity index (χ2v) is 12.0. The summed E-state index contributed by atoms with van der Waals surface area (Å²) in [5.41, 5.74) is 8.06. The van der Waals surface area contributed by atoms with Gasteiger partial charge in [0, 0.05) is 28.4 Å². The van der Waals surface area contributed by atoms with Crippen LogP contribution in [0.15, 0.2) is 140 Å². The molecule has 0 saturated heterocycles. The Balaban J connectivity index is 1.20. The molecule has 0 atom stereocenters. The second kappa shape index (κ2) is 10.3. The van der Waals surface area contributed by atoms with Gasteiger partial charge in [-0.3, -0.25) is 10.1 Å². The van der Waals surface area contributed by atoms with Gasteiger partial charge >= 0.3 is 0 Å². The van der Waals surface area contributed by atoms with Crippen molar-refractivity contribution in [3.63, 3.8) is 0 Å². The molecule has 9 rings (SSSR count). The molecule has 1 aliphatic rings. The summed E-state index contributed by atoms with van der Waals surface area (Å²) in [7, 11) is 0. The summed E-state index contributed by atoms with van der Waals surface area (Å²) in [5, 5.41) is 20.8. The third kappa shape index (κ3) is 4.00. The number of nitro benzene ring substituents is 1. The zero-order valence-electron chi connectivity index (χ0n) is 25.0. The second-order valence-electron chi connectivity index (χ2n) is 12.0. The van der Waals surface area contributed by atoms with E-state index in [0.717, 1.165) is 51.5 Å². The van der Waals surface area contributed by atoms with Gasteiger partial charge in [-0.1, -0.05) is 103 Å². The van der Waals surface area contributed by atoms with Gasteiger partial charge in [0.05, 0.1) is 16.0 Å². The topological polar surface area (TPSA) is 48.1 Å². The average Bonchev–Trinajstić information content (AvgIpc) is 3.45. The van der Waals surface area contributed by atoms with Crippen LogP contribution in [0, 0.1) is 10.1 Å². The van der Waals surface area contributed by atoms with E-state index < -0.39 is 0 Å². The summed E-state index contributed by atoms with van der Waals surface area (Å²) in [6.45, 7) is 0. The van der Waals surface area contributed by atoms with E-state index in [-0.39, 0.29) is 10.6 Å². The number of rotatable bonds is 4. The van der Waals surface area contributed by atoms with Crippen molar-refractivity contribution in [1.82, 2.24) is 4.57 Å². The van der Waals surface area contributed by atoms with E-state index in [1.165, 1.54) is 38.2 Å². The van der Waals surface area contributed by atoms with Crippen LogP contribution in [0.5, 0.6) is 0 Å². The summed E-state index contributed by atoms with van der Waals surface area (Å²) in [6.07, 6.45) is 6.37. The molecule has 0 aliphatic heterocycles. The first-order chi connectivity index (χ1) is 22.7. The van der Waals surface area contributed by atoms with Crippen molar-refractivity contribution in [2.24, 2.45) is 0 Å². The Kier molecular flexibility index (Phi) is 5.90. The Morgan fingerprint density at radius 1 is 0.565 bits per heavy atom. The first-order valence-electron chi connectivity index (χ1n) is 15.7. The Hall–Kier alpha value is -6.00. The molecule has 0 bridgehead atoms. The maximum Gasteiger partial charge on any atom is 0.277 e. The highest BCUT2D eigenvalue weighted by atomic mass is 16.6. The molecule has 1 aliphatic carbocycles. The van der Waals surface area contributed by atoms with E-state index in [9.17, 15) is 10.1 Å². The minimum atomic E-state index is -0.252. The van der Waals surface area contributed by atoms with Crippen molar-refractivity contribution < 1.29 is 4.92 Å². The van der Waals surface area contributed by atoms with E-state index in [4.69, 9.17) is 0 Å². The number of aromatic nitrogens is 1. The summed E-state index contributed by atoms with van der Waals surface area (Å²) < 4.78 is 2.34. The number of allylic oxidation sites excluding steroid dienone is 1. The van der Waals surface area contributed by atoms with Gasteiger partial charge in [0.2, 0.25) is 0 Å². The largest absolute Gasteiger partial charge is 0.313 e. The molecule has 46 heavy (non-hydrogen) atoms. The van der Waals surface area contributed by atoms with Gasteiger partial charge < -0.3 is 4.57 Å². The Labute approximate surface area is 265 Å². The van der Waals surface area contributed by atoms with E-state index in [1.807, 2.05) is 24.3 Å². The highest BCUT2D eigenvalue weighted by Gasteiger charge is 2.22. The molecular formula is C42H28N2O2. The van der Waals surface area contributed by atoms with E-state index >= 15 is 0 Å². The molecule has 0 N–H and O–H groups in total. The fourth-order valence-electron chi connectivity index (χ4n) is 7.45. The highest BCUT2D eigenvalue weighted by molar-refractivity contribution is 6.25. The van der Waals surface area contributed by atoms with Gasteiger partial charge in [0.25, 0.3) is 5.69 Å². The van der Waals surface area contributed by atoms with E-state index in [1.54, 1.807) is 6.07 Å². The fourth-order valence-corrected chi connectivity index (χ4v) is 7.45. The number of nitrogens with zero attached hydrogens (tertiary/aromatic N) is 2. The molecule has 8 aromatic rings. The number of para-hydroxylation sites is 1. The van der Waals surface area contributed by atoms with Crippen molar-refractivity contribution in [2.75, 3.05) is 0 Å². The number of nitro groups is 1. The summed E-state index contributed by atoms with van der Waals surface area (Å²) in [6, 6.07) is 45.7. The lowest BCUT2D eigenvalue weighted by atomic mass is 9.91. The SMILES string of the molecule is O=[N+]([O-])c1cc(-c2ccc3c4ccccc4c4ccccc4c3c2)ccc1-c1ccc2c(c1)c1c(n2-c2ccccc2)CCC=C1. The first-order valence-corrected chi connectivity index (χ1v) is 15.7. The highest BCUT2D eigenvalue weighted by Crippen LogP contribution is 2.41. The lowest BCUT2D eigenvalue weighted by Crippen LogP contribution is -2.02. The van der Waals surface area contributed by atoms with Gasteiger partial charge in [-0.05, 0) is 98.2 Å². The zero-order chi connectivity index (χ0) is 30.8. The molecule has 4 nitrogen and oxygen atoms in total. The van der Waals surface area contributed by atoms with Crippen LogP contribution >= 0.6 is 0 Å². The van der Waals surface area contributed by atoms with Crippen LogP contribution in [0.25, 0.3) is 77.2 Å². The van der Waals surface area contributed by atoms with E-state index in [0.29, 0.717) is 5.56 Å². The summed E-state index contributed by atoms with van der Waals surface area (Å²) in [4.78, 5) is 12.3. The lowest BCUT2D eigenvalue weighted by molar-refractivity contribution is -0.384. The van der Waals surface area contributed by atoms with Gasteiger partial charge in [-0.2, -0.15) is 0 Å². The standard InChI is InChI=1S/C42H28N2O2/c45-44(46)42-26-28(27-19-22-36-34-14-5-4-12-32(34)33-13-6-7-15-35(33)38(36)24-27)18-21-31(42)29-20-23-41-39(25-29)37-16-8-9-17-40(37)43(41)30-10-2-1-3-11-30/h1-8,10-16,18-26H,9,17H2. The third-order valence-corrected chi connectivity index (χ3v) is 9.54. The molecule has 7 aromatic carbocycles. The zero-order valence-corrected chi connectivity index (χ0v) is 25.0. The van der Waals surface area contributed by atoms with Gasteiger partial charge in [-0.15, -0.1) is 0 Å². The number of hydrogen-bond donors (Lipinski definition) is 0. The molecule has 0 spiro atoms. The average molecular weight is 593 g/mol. The normalized spacial score (nSPS) is 12.7. The van der Waals surface area contributed by atoms with Crippen LogP contribution < -0.4 is 0 Å². The van der Waals surface area contributed by atoms with Crippen molar-refractivity contribution >= 4 is 55.0 Å². The van der Waals surface area contributed by atoms with Gasteiger partial charge in [0.15, 0.2) is 0 Å². The molecule has 0 unspecified atom stereocenters. The minimum absolute atomic E-state index is 0.104. The Bertz CT molecular complexity index is 2520. The van der Waals surface area contributed by atoms with Crippen LogP contribution in [-0.4, -0.2) is 9.49 Å².